The Morgan fingerprint density at radius 2 is 1.81 bits per heavy atom. The van der Waals surface area contributed by atoms with Gasteiger partial charge in [-0.15, -0.1) is 0 Å². The van der Waals surface area contributed by atoms with E-state index in [9.17, 15) is 4.79 Å². The Hall–Kier alpha value is -1.83. The minimum Gasteiger partial charge on any atom is -0.343 e. The maximum absolute atomic E-state index is 12.2. The van der Waals surface area contributed by atoms with Gasteiger partial charge in [0, 0.05) is 17.8 Å². The first-order chi connectivity index (χ1) is 7.74. The Balaban J connectivity index is 2.42. The largest absolute Gasteiger partial charge is 0.343 e. The number of hydrogen-bond donors (Lipinski definition) is 0. The predicted octanol–water partition coefficient (Wildman–Crippen LogP) is 3.05. The van der Waals surface area contributed by atoms with E-state index in [0.29, 0.717) is 0 Å². The number of ketones is 1. The van der Waals surface area contributed by atoms with Crippen LogP contribution >= 0.6 is 0 Å². The molecule has 0 bridgehead atoms. The van der Waals surface area contributed by atoms with Gasteiger partial charge in [0.1, 0.15) is 0 Å². The zero-order valence-electron chi connectivity index (χ0n) is 9.60. The Kier molecular flexibility index (Phi) is 2.91. The van der Waals surface area contributed by atoms with Gasteiger partial charge >= 0.3 is 0 Å². The fourth-order valence-corrected chi connectivity index (χ4v) is 1.92. The van der Waals surface area contributed by atoms with Crippen molar-refractivity contribution in [2.45, 2.75) is 20.4 Å². The second kappa shape index (κ2) is 4.35. The van der Waals surface area contributed by atoms with Crippen LogP contribution in [0.1, 0.15) is 28.7 Å². The predicted molar refractivity (Wildman–Crippen MR) is 64.7 cm³/mol. The Morgan fingerprint density at radius 1 is 1.12 bits per heavy atom. The van der Waals surface area contributed by atoms with Gasteiger partial charge in [-0.2, -0.15) is 0 Å². The van der Waals surface area contributed by atoms with Gasteiger partial charge in [-0.25, -0.2) is 0 Å². The lowest BCUT2D eigenvalue weighted by molar-refractivity contribution is 0.103. The average molecular weight is 213 g/mol. The molecule has 0 radical (unpaired) electrons. The highest BCUT2D eigenvalue weighted by Crippen LogP contribution is 2.13. The van der Waals surface area contributed by atoms with Crippen LogP contribution in [0.4, 0.5) is 0 Å². The quantitative estimate of drug-likeness (QED) is 0.718. The highest BCUT2D eigenvalue weighted by molar-refractivity contribution is 6.08. The molecule has 16 heavy (non-hydrogen) atoms. The summed E-state index contributed by atoms with van der Waals surface area (Å²) in [5.41, 5.74) is 2.64. The van der Waals surface area contributed by atoms with Crippen molar-refractivity contribution in [1.29, 1.82) is 0 Å². The molecule has 0 spiro atoms. The lowest BCUT2D eigenvalue weighted by Crippen LogP contribution is -2.10. The summed E-state index contributed by atoms with van der Waals surface area (Å²) in [5.74, 6) is 0.0931. The first-order valence-corrected chi connectivity index (χ1v) is 5.50. The second-order valence-electron chi connectivity index (χ2n) is 3.80. The Bertz CT molecular complexity index is 497. The molecule has 0 aliphatic heterocycles. The zero-order valence-corrected chi connectivity index (χ0v) is 9.60. The second-order valence-corrected chi connectivity index (χ2v) is 3.80. The number of rotatable bonds is 3. The SMILES string of the molecule is CCn1c(C)ccc1C(=O)c1ccccc1. The normalized spacial score (nSPS) is 10.4. The van der Waals surface area contributed by atoms with Crippen LogP contribution in [0.25, 0.3) is 0 Å². The molecule has 0 aliphatic rings. The maximum atomic E-state index is 12.2. The summed E-state index contributed by atoms with van der Waals surface area (Å²) in [6.07, 6.45) is 0. The van der Waals surface area contributed by atoms with Crippen molar-refractivity contribution in [3.05, 3.63) is 59.4 Å². The van der Waals surface area contributed by atoms with Gasteiger partial charge in [-0.1, -0.05) is 30.3 Å². The molecule has 2 nitrogen and oxygen atoms in total. The maximum Gasteiger partial charge on any atom is 0.209 e. The van der Waals surface area contributed by atoms with Gasteiger partial charge in [0.15, 0.2) is 0 Å². The summed E-state index contributed by atoms with van der Waals surface area (Å²) < 4.78 is 2.04. The number of nitrogens with zero attached hydrogens (tertiary/aromatic N) is 1. The van der Waals surface area contributed by atoms with Crippen LogP contribution < -0.4 is 0 Å². The lowest BCUT2D eigenvalue weighted by atomic mass is 10.1. The molecule has 1 aromatic carbocycles. The number of aryl methyl sites for hydroxylation is 1. The van der Waals surface area contributed by atoms with E-state index in [1.807, 2.05) is 54.0 Å². The van der Waals surface area contributed by atoms with Crippen molar-refractivity contribution in [3.63, 3.8) is 0 Å². The van der Waals surface area contributed by atoms with Gasteiger partial charge in [-0.3, -0.25) is 4.79 Å². The molecular formula is C14H15NO. The first kappa shape index (κ1) is 10.7. The molecule has 2 heteroatoms. The summed E-state index contributed by atoms with van der Waals surface area (Å²) in [6, 6.07) is 13.3. The van der Waals surface area contributed by atoms with Gasteiger partial charge in [0.25, 0.3) is 0 Å². The summed E-state index contributed by atoms with van der Waals surface area (Å²) in [7, 11) is 0. The molecule has 0 N–H and O–H groups in total. The molecule has 0 amide bonds. The molecule has 0 saturated heterocycles. The van der Waals surface area contributed by atoms with E-state index in [4.69, 9.17) is 0 Å². The van der Waals surface area contributed by atoms with E-state index in [-0.39, 0.29) is 5.78 Å². The van der Waals surface area contributed by atoms with Gasteiger partial charge in [0.2, 0.25) is 5.78 Å². The van der Waals surface area contributed by atoms with Crippen molar-refractivity contribution < 1.29 is 4.79 Å². The molecule has 0 unspecified atom stereocenters. The van der Waals surface area contributed by atoms with Crippen molar-refractivity contribution in [3.8, 4) is 0 Å². The third kappa shape index (κ3) is 1.78. The monoisotopic (exact) mass is 213 g/mol. The van der Waals surface area contributed by atoms with E-state index in [0.717, 1.165) is 23.5 Å². The highest BCUT2D eigenvalue weighted by atomic mass is 16.1. The average Bonchev–Trinajstić information content (AvgIpc) is 2.70. The first-order valence-electron chi connectivity index (χ1n) is 5.50. The molecule has 2 aromatic rings. The summed E-state index contributed by atoms with van der Waals surface area (Å²) in [5, 5.41) is 0. The molecule has 0 aliphatic carbocycles. The molecule has 1 heterocycles. The van der Waals surface area contributed by atoms with Crippen LogP contribution in [0.2, 0.25) is 0 Å². The third-order valence-electron chi connectivity index (χ3n) is 2.78. The fraction of sp³-hybridized carbons (Fsp3) is 0.214. The number of aromatic nitrogens is 1. The molecule has 0 atom stereocenters. The minimum atomic E-state index is 0.0931. The van der Waals surface area contributed by atoms with Crippen LogP contribution in [-0.2, 0) is 6.54 Å². The van der Waals surface area contributed by atoms with Gasteiger partial charge in [-0.05, 0) is 26.0 Å². The summed E-state index contributed by atoms with van der Waals surface area (Å²) in [6.45, 7) is 4.90. The van der Waals surface area contributed by atoms with Crippen LogP contribution in [0.15, 0.2) is 42.5 Å². The van der Waals surface area contributed by atoms with Crippen molar-refractivity contribution in [1.82, 2.24) is 4.57 Å². The topological polar surface area (TPSA) is 22.0 Å². The number of carbonyl (C=O) groups excluding carboxylic acids is 1. The number of carbonyl (C=O) groups is 1. The molecule has 0 saturated carbocycles. The molecule has 0 fully saturated rings. The molecular weight excluding hydrogens is 198 g/mol. The fourth-order valence-electron chi connectivity index (χ4n) is 1.92. The van der Waals surface area contributed by atoms with Crippen LogP contribution in [0.3, 0.4) is 0 Å². The van der Waals surface area contributed by atoms with Gasteiger partial charge in [0.05, 0.1) is 5.69 Å². The molecule has 2 rings (SSSR count). The van der Waals surface area contributed by atoms with E-state index in [1.54, 1.807) is 0 Å². The van der Waals surface area contributed by atoms with E-state index >= 15 is 0 Å². The van der Waals surface area contributed by atoms with Crippen molar-refractivity contribution >= 4 is 5.78 Å². The molecule has 1 aromatic heterocycles. The third-order valence-corrected chi connectivity index (χ3v) is 2.78. The Labute approximate surface area is 95.5 Å². The van der Waals surface area contributed by atoms with E-state index in [1.165, 1.54) is 0 Å². The molecule has 82 valence electrons. The summed E-state index contributed by atoms with van der Waals surface area (Å²) in [4.78, 5) is 12.2. The minimum absolute atomic E-state index is 0.0931. The number of hydrogen-bond acceptors (Lipinski definition) is 1. The van der Waals surface area contributed by atoms with Crippen molar-refractivity contribution in [2.75, 3.05) is 0 Å². The van der Waals surface area contributed by atoms with Gasteiger partial charge < -0.3 is 4.57 Å². The van der Waals surface area contributed by atoms with Crippen LogP contribution in [-0.4, -0.2) is 10.4 Å². The van der Waals surface area contributed by atoms with E-state index in [2.05, 4.69) is 6.92 Å². The van der Waals surface area contributed by atoms with Crippen molar-refractivity contribution in [2.24, 2.45) is 0 Å². The zero-order chi connectivity index (χ0) is 11.5. The van der Waals surface area contributed by atoms with E-state index < -0.39 is 0 Å². The smallest absolute Gasteiger partial charge is 0.209 e. The standard InChI is InChI=1S/C14H15NO/c1-3-15-11(2)9-10-13(15)14(16)12-7-5-4-6-8-12/h4-10H,3H2,1-2H3. The lowest BCUT2D eigenvalue weighted by Gasteiger charge is -2.07. The summed E-state index contributed by atoms with van der Waals surface area (Å²) >= 11 is 0. The van der Waals surface area contributed by atoms with Crippen LogP contribution in [0.5, 0.6) is 0 Å². The number of benzene rings is 1. The van der Waals surface area contributed by atoms with Crippen LogP contribution in [0, 0.1) is 6.92 Å². The Morgan fingerprint density at radius 3 is 2.44 bits per heavy atom. The highest BCUT2D eigenvalue weighted by Gasteiger charge is 2.13.